The van der Waals surface area contributed by atoms with Gasteiger partial charge in [-0.3, -0.25) is 19.7 Å². The van der Waals surface area contributed by atoms with Crippen LogP contribution in [0.2, 0.25) is 0 Å². The number of amides is 2. The van der Waals surface area contributed by atoms with Crippen molar-refractivity contribution in [2.24, 2.45) is 0 Å². The topological polar surface area (TPSA) is 137 Å². The van der Waals surface area contributed by atoms with Crippen molar-refractivity contribution in [1.29, 1.82) is 0 Å². The maximum Gasteiger partial charge on any atom is 0.328 e. The second-order valence-electron chi connectivity index (χ2n) is 7.13. The van der Waals surface area contributed by atoms with Gasteiger partial charge in [0.05, 0.1) is 19.1 Å². The van der Waals surface area contributed by atoms with Crippen LogP contribution in [0.3, 0.4) is 0 Å². The average molecular weight is 461 g/mol. The van der Waals surface area contributed by atoms with Crippen LogP contribution in [-0.4, -0.2) is 49.0 Å². The van der Waals surface area contributed by atoms with Crippen LogP contribution in [0.1, 0.15) is 18.1 Å². The van der Waals surface area contributed by atoms with E-state index in [1.807, 2.05) is 0 Å². The number of hydrogen-bond acceptors (Lipinski definition) is 7. The van der Waals surface area contributed by atoms with Gasteiger partial charge in [0.1, 0.15) is 23.7 Å². The summed E-state index contributed by atoms with van der Waals surface area (Å²) in [6.45, 7) is 1.22. The first-order valence-electron chi connectivity index (χ1n) is 9.85. The minimum Gasteiger partial charge on any atom is -0.496 e. The largest absolute Gasteiger partial charge is 0.496 e. The number of carbonyl (C=O) groups excluding carboxylic acids is 3. The number of halogens is 1. The molecule has 2 N–H and O–H groups in total. The molecule has 2 aromatic rings. The lowest BCUT2D eigenvalue weighted by molar-refractivity contribution is -0.384. The molecule has 0 aliphatic carbocycles. The Bertz CT molecular complexity index is 1040. The molecule has 0 radical (unpaired) electrons. The van der Waals surface area contributed by atoms with Crippen LogP contribution in [0.15, 0.2) is 42.5 Å². The summed E-state index contributed by atoms with van der Waals surface area (Å²) in [5, 5.41) is 16.1. The third-order valence-electron chi connectivity index (χ3n) is 4.72. The molecule has 33 heavy (non-hydrogen) atoms. The first kappa shape index (κ1) is 25.2. The van der Waals surface area contributed by atoms with Crippen molar-refractivity contribution >= 4 is 23.5 Å². The van der Waals surface area contributed by atoms with Gasteiger partial charge >= 0.3 is 5.97 Å². The second kappa shape index (κ2) is 11.6. The third kappa shape index (κ3) is 7.27. The normalized spacial score (nSPS) is 12.2. The number of hydrogen-bond donors (Lipinski definition) is 2. The fraction of sp³-hybridized carbons (Fsp3) is 0.318. The molecule has 0 fully saturated rings. The van der Waals surface area contributed by atoms with E-state index in [-0.39, 0.29) is 24.3 Å². The molecule has 0 aliphatic heterocycles. The Morgan fingerprint density at radius 2 is 1.79 bits per heavy atom. The number of esters is 1. The summed E-state index contributed by atoms with van der Waals surface area (Å²) < 4.78 is 23.5. The van der Waals surface area contributed by atoms with Crippen molar-refractivity contribution in [2.45, 2.75) is 31.8 Å². The molecule has 2 atom stereocenters. The summed E-state index contributed by atoms with van der Waals surface area (Å²) >= 11 is 0. The molecule has 0 saturated carbocycles. The molecule has 0 spiro atoms. The van der Waals surface area contributed by atoms with Crippen LogP contribution >= 0.6 is 0 Å². The predicted octanol–water partition coefficient (Wildman–Crippen LogP) is 1.69. The van der Waals surface area contributed by atoms with E-state index in [0.717, 1.165) is 7.11 Å². The lowest BCUT2D eigenvalue weighted by Gasteiger charge is -2.22. The van der Waals surface area contributed by atoms with Gasteiger partial charge in [-0.25, -0.2) is 9.18 Å². The van der Waals surface area contributed by atoms with Gasteiger partial charge in [0.2, 0.25) is 11.8 Å². The van der Waals surface area contributed by atoms with Gasteiger partial charge in [0.15, 0.2) is 0 Å². The van der Waals surface area contributed by atoms with Gasteiger partial charge in [-0.2, -0.15) is 0 Å². The number of rotatable bonds is 10. The lowest BCUT2D eigenvalue weighted by Crippen LogP contribution is -2.53. The average Bonchev–Trinajstić information content (AvgIpc) is 2.77. The Hall–Kier alpha value is -4.02. The van der Waals surface area contributed by atoms with Crippen molar-refractivity contribution in [1.82, 2.24) is 10.6 Å². The number of methoxy groups -OCH3 is 2. The first-order chi connectivity index (χ1) is 15.6. The van der Waals surface area contributed by atoms with Gasteiger partial charge < -0.3 is 20.1 Å². The van der Waals surface area contributed by atoms with E-state index >= 15 is 0 Å². The van der Waals surface area contributed by atoms with E-state index in [1.165, 1.54) is 50.4 Å². The number of ether oxygens (including phenoxy) is 2. The van der Waals surface area contributed by atoms with Crippen LogP contribution < -0.4 is 15.4 Å². The van der Waals surface area contributed by atoms with Crippen molar-refractivity contribution < 1.29 is 33.2 Å². The van der Waals surface area contributed by atoms with E-state index in [9.17, 15) is 28.9 Å². The SMILES string of the molecule is COC(=O)[C@@H](Cc1cc([N+](=O)[O-])ccc1OC)NC(=O)[C@H](Cc1cccc(F)c1)NC(C)=O. The van der Waals surface area contributed by atoms with Gasteiger partial charge in [0, 0.05) is 37.5 Å². The minimum atomic E-state index is -1.23. The molecule has 0 aliphatic rings. The summed E-state index contributed by atoms with van der Waals surface area (Å²) in [4.78, 5) is 47.5. The molecular formula is C22H24FN3O7. The smallest absolute Gasteiger partial charge is 0.328 e. The quantitative estimate of drug-likeness (QED) is 0.312. The molecule has 10 nitrogen and oxygen atoms in total. The number of nitrogens with one attached hydrogen (secondary N) is 2. The third-order valence-corrected chi connectivity index (χ3v) is 4.72. The number of nitrogens with zero attached hydrogens (tertiary/aromatic N) is 1. The van der Waals surface area contributed by atoms with Crippen LogP contribution in [0.5, 0.6) is 5.75 Å². The molecule has 0 saturated heterocycles. The number of carbonyl (C=O) groups is 3. The minimum absolute atomic E-state index is 0.0306. The van der Waals surface area contributed by atoms with Crippen LogP contribution in [-0.2, 0) is 32.0 Å². The fourth-order valence-electron chi connectivity index (χ4n) is 3.22. The Morgan fingerprint density at radius 3 is 2.36 bits per heavy atom. The number of nitro groups is 1. The number of nitro benzene ring substituents is 1. The standard InChI is InChI=1S/C22H24FN3O7/c1-13(27)24-18(10-14-5-4-6-16(23)9-14)21(28)25-19(22(29)33-3)12-15-11-17(26(30)31)7-8-20(15)32-2/h4-9,11,18-19H,10,12H2,1-3H3,(H,24,27)(H,25,28)/t18-,19+/m0/s1. The highest BCUT2D eigenvalue weighted by molar-refractivity contribution is 5.90. The van der Waals surface area contributed by atoms with Crippen LogP contribution in [0.4, 0.5) is 10.1 Å². The summed E-state index contributed by atoms with van der Waals surface area (Å²) in [5.41, 5.74) is 0.533. The molecule has 2 rings (SSSR count). The Morgan fingerprint density at radius 1 is 1.06 bits per heavy atom. The highest BCUT2D eigenvalue weighted by atomic mass is 19.1. The predicted molar refractivity (Wildman–Crippen MR) is 115 cm³/mol. The molecule has 0 bridgehead atoms. The van der Waals surface area contributed by atoms with Crippen molar-refractivity contribution in [3.8, 4) is 5.75 Å². The van der Waals surface area contributed by atoms with E-state index in [4.69, 9.17) is 9.47 Å². The van der Waals surface area contributed by atoms with Gasteiger partial charge in [-0.15, -0.1) is 0 Å². The molecule has 0 heterocycles. The van der Waals surface area contributed by atoms with Crippen LogP contribution in [0.25, 0.3) is 0 Å². The van der Waals surface area contributed by atoms with Crippen molar-refractivity contribution in [2.75, 3.05) is 14.2 Å². The zero-order valence-corrected chi connectivity index (χ0v) is 18.3. The van der Waals surface area contributed by atoms with Gasteiger partial charge in [-0.1, -0.05) is 12.1 Å². The maximum atomic E-state index is 13.5. The van der Waals surface area contributed by atoms with E-state index in [1.54, 1.807) is 6.07 Å². The van der Waals surface area contributed by atoms with Crippen LogP contribution in [0, 0.1) is 15.9 Å². The number of non-ortho nitro benzene ring substituents is 1. The fourth-order valence-corrected chi connectivity index (χ4v) is 3.22. The summed E-state index contributed by atoms with van der Waals surface area (Å²) in [7, 11) is 2.49. The van der Waals surface area contributed by atoms with E-state index in [0.29, 0.717) is 11.1 Å². The Labute approximate surface area is 189 Å². The zero-order valence-electron chi connectivity index (χ0n) is 18.3. The molecule has 11 heteroatoms. The van der Waals surface area contributed by atoms with Crippen molar-refractivity contribution in [3.63, 3.8) is 0 Å². The number of benzene rings is 2. The molecule has 0 aromatic heterocycles. The first-order valence-corrected chi connectivity index (χ1v) is 9.85. The van der Waals surface area contributed by atoms with Gasteiger partial charge in [0.25, 0.3) is 5.69 Å². The summed E-state index contributed by atoms with van der Waals surface area (Å²) in [6.07, 6.45) is -0.201. The second-order valence-corrected chi connectivity index (χ2v) is 7.13. The molecule has 176 valence electrons. The molecular weight excluding hydrogens is 437 g/mol. The monoisotopic (exact) mass is 461 g/mol. The maximum absolute atomic E-state index is 13.5. The summed E-state index contributed by atoms with van der Waals surface area (Å²) in [5.74, 6) is -2.23. The lowest BCUT2D eigenvalue weighted by atomic mass is 10.0. The highest BCUT2D eigenvalue weighted by Crippen LogP contribution is 2.25. The summed E-state index contributed by atoms with van der Waals surface area (Å²) in [6, 6.07) is 7.07. The molecule has 0 unspecified atom stereocenters. The molecule has 2 aromatic carbocycles. The van der Waals surface area contributed by atoms with E-state index < -0.39 is 40.6 Å². The highest BCUT2D eigenvalue weighted by Gasteiger charge is 2.28. The molecule has 2 amide bonds. The van der Waals surface area contributed by atoms with Gasteiger partial charge in [-0.05, 0) is 23.8 Å². The Balaban J connectivity index is 2.29. The zero-order chi connectivity index (χ0) is 24.5. The Kier molecular flexibility index (Phi) is 8.84. The van der Waals surface area contributed by atoms with E-state index in [2.05, 4.69) is 10.6 Å². The van der Waals surface area contributed by atoms with Crippen molar-refractivity contribution in [3.05, 3.63) is 69.5 Å².